The molecule has 0 saturated carbocycles. The lowest BCUT2D eigenvalue weighted by Gasteiger charge is -2.13. The Kier molecular flexibility index (Phi) is 8.30. The number of hydrazone groups is 1. The van der Waals surface area contributed by atoms with E-state index >= 15 is 0 Å². The van der Waals surface area contributed by atoms with Crippen molar-refractivity contribution in [2.75, 3.05) is 6.61 Å². The van der Waals surface area contributed by atoms with E-state index in [4.69, 9.17) is 21.1 Å². The highest BCUT2D eigenvalue weighted by molar-refractivity contribution is 9.10. The molecule has 1 N–H and O–H groups in total. The SMILES string of the molecule is CCOc1cc(/C=N/NC(=O)Cn2nc(C)c(Br)c2C)ccc1OCc1ccccc1Cl. The molecule has 1 heterocycles. The van der Waals surface area contributed by atoms with E-state index in [0.717, 1.165) is 27.0 Å². The van der Waals surface area contributed by atoms with E-state index in [1.54, 1.807) is 23.0 Å². The molecule has 0 fully saturated rings. The largest absolute Gasteiger partial charge is 0.490 e. The number of benzene rings is 2. The van der Waals surface area contributed by atoms with Crippen LogP contribution < -0.4 is 14.9 Å². The lowest BCUT2D eigenvalue weighted by atomic mass is 10.2. The van der Waals surface area contributed by atoms with Gasteiger partial charge in [0.1, 0.15) is 13.2 Å². The van der Waals surface area contributed by atoms with Gasteiger partial charge in [-0.25, -0.2) is 5.43 Å². The highest BCUT2D eigenvalue weighted by atomic mass is 79.9. The van der Waals surface area contributed by atoms with Gasteiger partial charge in [-0.15, -0.1) is 0 Å². The molecule has 0 unspecified atom stereocenters. The van der Waals surface area contributed by atoms with Crippen LogP contribution in [0.3, 0.4) is 0 Å². The van der Waals surface area contributed by atoms with Crippen LogP contribution in [0.4, 0.5) is 0 Å². The monoisotopic (exact) mass is 518 g/mol. The summed E-state index contributed by atoms with van der Waals surface area (Å²) >= 11 is 9.65. The fraction of sp³-hybridized carbons (Fsp3) is 0.261. The van der Waals surface area contributed by atoms with Crippen molar-refractivity contribution in [1.82, 2.24) is 15.2 Å². The van der Waals surface area contributed by atoms with Crippen molar-refractivity contribution in [2.24, 2.45) is 5.10 Å². The molecule has 32 heavy (non-hydrogen) atoms. The molecule has 3 rings (SSSR count). The van der Waals surface area contributed by atoms with Gasteiger partial charge < -0.3 is 9.47 Å². The van der Waals surface area contributed by atoms with Crippen molar-refractivity contribution in [3.63, 3.8) is 0 Å². The van der Waals surface area contributed by atoms with Crippen LogP contribution in [0.25, 0.3) is 0 Å². The predicted molar refractivity (Wildman–Crippen MR) is 129 cm³/mol. The molecule has 0 atom stereocenters. The van der Waals surface area contributed by atoms with Crippen LogP contribution in [0.1, 0.15) is 29.4 Å². The molecule has 1 aromatic heterocycles. The van der Waals surface area contributed by atoms with Gasteiger partial charge in [0.15, 0.2) is 11.5 Å². The smallest absolute Gasteiger partial charge is 0.261 e. The Hall–Kier alpha value is -2.84. The van der Waals surface area contributed by atoms with Gasteiger partial charge in [-0.3, -0.25) is 9.48 Å². The quantitative estimate of drug-likeness (QED) is 0.317. The highest BCUT2D eigenvalue weighted by Gasteiger charge is 2.11. The van der Waals surface area contributed by atoms with Crippen molar-refractivity contribution in [3.05, 3.63) is 74.5 Å². The first kappa shape index (κ1) is 23.8. The molecular weight excluding hydrogens is 496 g/mol. The average Bonchev–Trinajstić information content (AvgIpc) is 3.01. The molecular formula is C23H24BrClN4O3. The molecule has 0 aliphatic rings. The molecule has 0 saturated heterocycles. The average molecular weight is 520 g/mol. The summed E-state index contributed by atoms with van der Waals surface area (Å²) in [6, 6.07) is 13.0. The van der Waals surface area contributed by atoms with Crippen LogP contribution in [0.5, 0.6) is 11.5 Å². The van der Waals surface area contributed by atoms with Crippen LogP contribution in [0.2, 0.25) is 5.02 Å². The van der Waals surface area contributed by atoms with Crippen LogP contribution in [0, 0.1) is 13.8 Å². The number of nitrogens with zero attached hydrogens (tertiary/aromatic N) is 3. The van der Waals surface area contributed by atoms with Crippen molar-refractivity contribution < 1.29 is 14.3 Å². The number of carbonyl (C=O) groups excluding carboxylic acids is 1. The first-order valence-electron chi connectivity index (χ1n) is 10.0. The summed E-state index contributed by atoms with van der Waals surface area (Å²) in [6.45, 7) is 6.56. The molecule has 168 valence electrons. The number of ether oxygens (including phenoxy) is 2. The molecule has 7 nitrogen and oxygen atoms in total. The van der Waals surface area contributed by atoms with Gasteiger partial charge in [0, 0.05) is 10.6 Å². The van der Waals surface area contributed by atoms with Gasteiger partial charge in [-0.05, 0) is 66.5 Å². The molecule has 1 amide bonds. The molecule has 0 spiro atoms. The third-order valence-electron chi connectivity index (χ3n) is 4.60. The fourth-order valence-corrected chi connectivity index (χ4v) is 3.42. The van der Waals surface area contributed by atoms with E-state index < -0.39 is 0 Å². The number of hydrogen-bond donors (Lipinski definition) is 1. The summed E-state index contributed by atoms with van der Waals surface area (Å²) in [4.78, 5) is 12.2. The second kappa shape index (κ2) is 11.2. The van der Waals surface area contributed by atoms with Crippen molar-refractivity contribution >= 4 is 39.7 Å². The minimum Gasteiger partial charge on any atom is -0.490 e. The summed E-state index contributed by atoms with van der Waals surface area (Å²) in [6.07, 6.45) is 1.55. The van der Waals surface area contributed by atoms with E-state index in [1.807, 2.05) is 51.1 Å². The van der Waals surface area contributed by atoms with Crippen molar-refractivity contribution in [1.29, 1.82) is 0 Å². The maximum atomic E-state index is 12.2. The molecule has 9 heteroatoms. The van der Waals surface area contributed by atoms with Crippen LogP contribution in [-0.4, -0.2) is 28.5 Å². The zero-order valence-electron chi connectivity index (χ0n) is 18.1. The summed E-state index contributed by atoms with van der Waals surface area (Å²) in [5.74, 6) is 0.912. The number of hydrogen-bond acceptors (Lipinski definition) is 5. The van der Waals surface area contributed by atoms with E-state index in [0.29, 0.717) is 29.7 Å². The van der Waals surface area contributed by atoms with Crippen molar-refractivity contribution in [2.45, 2.75) is 33.9 Å². The predicted octanol–water partition coefficient (Wildman–Crippen LogP) is 5.04. The number of amides is 1. The van der Waals surface area contributed by atoms with Gasteiger partial charge in [0.25, 0.3) is 5.91 Å². The van der Waals surface area contributed by atoms with Gasteiger partial charge in [0.05, 0.1) is 28.7 Å². The van der Waals surface area contributed by atoms with Gasteiger partial charge >= 0.3 is 0 Å². The first-order chi connectivity index (χ1) is 15.4. The van der Waals surface area contributed by atoms with Crippen LogP contribution in [-0.2, 0) is 17.9 Å². The highest BCUT2D eigenvalue weighted by Crippen LogP contribution is 2.29. The lowest BCUT2D eigenvalue weighted by molar-refractivity contribution is -0.121. The summed E-state index contributed by atoms with van der Waals surface area (Å²) in [5.41, 5.74) is 5.88. The zero-order valence-corrected chi connectivity index (χ0v) is 20.4. The second-order valence-corrected chi connectivity index (χ2v) is 8.16. The van der Waals surface area contributed by atoms with Gasteiger partial charge in [0.2, 0.25) is 0 Å². The zero-order chi connectivity index (χ0) is 23.1. The first-order valence-corrected chi connectivity index (χ1v) is 11.2. The number of aromatic nitrogens is 2. The second-order valence-electron chi connectivity index (χ2n) is 6.95. The number of halogens is 2. The molecule has 0 aliphatic carbocycles. The Balaban J connectivity index is 1.62. The lowest BCUT2D eigenvalue weighted by Crippen LogP contribution is -2.24. The fourth-order valence-electron chi connectivity index (χ4n) is 2.94. The van der Waals surface area contributed by atoms with E-state index in [-0.39, 0.29) is 12.5 Å². The van der Waals surface area contributed by atoms with E-state index in [2.05, 4.69) is 31.6 Å². The third-order valence-corrected chi connectivity index (χ3v) is 6.11. The summed E-state index contributed by atoms with van der Waals surface area (Å²) < 4.78 is 14.1. The Morgan fingerprint density at radius 3 is 2.69 bits per heavy atom. The number of carbonyl (C=O) groups is 1. The van der Waals surface area contributed by atoms with Gasteiger partial charge in [-0.2, -0.15) is 10.2 Å². The van der Waals surface area contributed by atoms with Crippen molar-refractivity contribution in [3.8, 4) is 11.5 Å². The maximum absolute atomic E-state index is 12.2. The van der Waals surface area contributed by atoms with E-state index in [9.17, 15) is 4.79 Å². The standard InChI is InChI=1S/C23H24BrClN4O3/c1-4-31-21-11-17(9-10-20(21)32-14-18-7-5-6-8-19(18)25)12-26-27-22(30)13-29-16(3)23(24)15(2)28-29/h5-12H,4,13-14H2,1-3H3,(H,27,30)/b26-12+. The Bertz CT molecular complexity index is 1130. The normalized spacial score (nSPS) is 11.0. The summed E-state index contributed by atoms with van der Waals surface area (Å²) in [7, 11) is 0. The number of rotatable bonds is 9. The molecule has 2 aromatic carbocycles. The molecule has 0 aliphatic heterocycles. The van der Waals surface area contributed by atoms with E-state index in [1.165, 1.54) is 0 Å². The number of aryl methyl sites for hydroxylation is 1. The topological polar surface area (TPSA) is 77.7 Å². The Morgan fingerprint density at radius 2 is 2.00 bits per heavy atom. The Morgan fingerprint density at radius 1 is 1.22 bits per heavy atom. The Labute approximate surface area is 200 Å². The van der Waals surface area contributed by atoms with Crippen LogP contribution in [0.15, 0.2) is 52.0 Å². The minimum absolute atomic E-state index is 0.0780. The minimum atomic E-state index is -0.274. The molecule has 3 aromatic rings. The molecule has 0 bridgehead atoms. The number of nitrogens with one attached hydrogen (secondary N) is 1. The molecule has 0 radical (unpaired) electrons. The van der Waals surface area contributed by atoms with Gasteiger partial charge in [-0.1, -0.05) is 29.8 Å². The maximum Gasteiger partial charge on any atom is 0.261 e. The third kappa shape index (κ3) is 6.11. The summed E-state index contributed by atoms with van der Waals surface area (Å²) in [5, 5.41) is 9.01. The van der Waals surface area contributed by atoms with Crippen LogP contribution >= 0.6 is 27.5 Å².